The summed E-state index contributed by atoms with van der Waals surface area (Å²) in [4.78, 5) is 23.3. The highest BCUT2D eigenvalue weighted by Crippen LogP contribution is 2.21. The number of benzene rings is 2. The van der Waals surface area contributed by atoms with E-state index >= 15 is 0 Å². The number of carboxylic acids is 1. The number of aliphatic carboxylic acids is 1. The van der Waals surface area contributed by atoms with E-state index in [0.29, 0.717) is 6.42 Å². The number of carbonyl (C=O) groups excluding carboxylic acids is 1. The Balaban J connectivity index is 2.08. The van der Waals surface area contributed by atoms with Gasteiger partial charge in [0.1, 0.15) is 5.60 Å². The van der Waals surface area contributed by atoms with Crippen molar-refractivity contribution >= 4 is 22.8 Å². The molecule has 0 aliphatic rings. The number of amides is 1. The largest absolute Gasteiger partial charge is 0.481 e. The van der Waals surface area contributed by atoms with Crippen molar-refractivity contribution in [3.63, 3.8) is 0 Å². The van der Waals surface area contributed by atoms with Crippen LogP contribution in [0.15, 0.2) is 42.5 Å². The lowest BCUT2D eigenvalue weighted by molar-refractivity contribution is -0.141. The van der Waals surface area contributed by atoms with Crippen LogP contribution in [0.5, 0.6) is 0 Å². The van der Waals surface area contributed by atoms with Crippen molar-refractivity contribution in [3.05, 3.63) is 48.0 Å². The van der Waals surface area contributed by atoms with Crippen LogP contribution in [0.25, 0.3) is 10.8 Å². The van der Waals surface area contributed by atoms with Gasteiger partial charge < -0.3 is 15.2 Å². The van der Waals surface area contributed by atoms with Crippen LogP contribution in [0, 0.1) is 5.92 Å². The van der Waals surface area contributed by atoms with Gasteiger partial charge in [-0.05, 0) is 43.5 Å². The van der Waals surface area contributed by atoms with E-state index in [9.17, 15) is 14.7 Å². The Bertz CT molecular complexity index is 728. The molecule has 0 bridgehead atoms. The molecule has 0 radical (unpaired) electrons. The van der Waals surface area contributed by atoms with Crippen molar-refractivity contribution in [1.82, 2.24) is 5.32 Å². The van der Waals surface area contributed by atoms with Gasteiger partial charge in [0.2, 0.25) is 0 Å². The highest BCUT2D eigenvalue weighted by Gasteiger charge is 2.22. The topological polar surface area (TPSA) is 75.6 Å². The maximum atomic E-state index is 11.7. The van der Waals surface area contributed by atoms with E-state index in [-0.39, 0.29) is 6.54 Å². The van der Waals surface area contributed by atoms with Crippen molar-refractivity contribution in [1.29, 1.82) is 0 Å². The predicted molar refractivity (Wildman–Crippen MR) is 93.0 cm³/mol. The molecule has 5 nitrogen and oxygen atoms in total. The molecule has 1 amide bonds. The molecule has 0 aliphatic heterocycles. The molecule has 2 rings (SSSR count). The van der Waals surface area contributed by atoms with Crippen LogP contribution in [-0.4, -0.2) is 29.3 Å². The van der Waals surface area contributed by atoms with Gasteiger partial charge in [-0.3, -0.25) is 4.79 Å². The molecule has 1 unspecified atom stereocenters. The van der Waals surface area contributed by atoms with Gasteiger partial charge >= 0.3 is 12.1 Å². The average Bonchev–Trinajstić information content (AvgIpc) is 2.49. The summed E-state index contributed by atoms with van der Waals surface area (Å²) in [6.07, 6.45) is -0.265. The fraction of sp³-hybridized carbons (Fsp3) is 0.368. The molecule has 0 heterocycles. The number of fused-ring (bicyclic) bond motifs is 1. The van der Waals surface area contributed by atoms with Gasteiger partial charge in [-0.1, -0.05) is 42.5 Å². The molecule has 2 aromatic carbocycles. The Hall–Kier alpha value is -2.56. The first kappa shape index (κ1) is 17.8. The lowest BCUT2D eigenvalue weighted by atomic mass is 9.95. The molecule has 0 spiro atoms. The van der Waals surface area contributed by atoms with Crippen LogP contribution in [0.4, 0.5) is 4.79 Å². The summed E-state index contributed by atoms with van der Waals surface area (Å²) in [5.74, 6) is -1.66. The van der Waals surface area contributed by atoms with Gasteiger partial charge in [0.25, 0.3) is 0 Å². The first-order chi connectivity index (χ1) is 11.3. The van der Waals surface area contributed by atoms with E-state index in [1.54, 1.807) is 20.8 Å². The average molecular weight is 329 g/mol. The van der Waals surface area contributed by atoms with Crippen LogP contribution in [0.2, 0.25) is 0 Å². The van der Waals surface area contributed by atoms with Gasteiger partial charge in [0.15, 0.2) is 0 Å². The van der Waals surface area contributed by atoms with Crippen molar-refractivity contribution in [2.75, 3.05) is 6.54 Å². The first-order valence-electron chi connectivity index (χ1n) is 7.92. The number of carbonyl (C=O) groups is 2. The van der Waals surface area contributed by atoms with E-state index < -0.39 is 23.6 Å². The third-order valence-electron chi connectivity index (χ3n) is 3.59. The van der Waals surface area contributed by atoms with Gasteiger partial charge in [-0.25, -0.2) is 4.79 Å². The second-order valence-corrected chi connectivity index (χ2v) is 6.76. The molecule has 5 heteroatoms. The third-order valence-corrected chi connectivity index (χ3v) is 3.59. The summed E-state index contributed by atoms with van der Waals surface area (Å²) < 4.78 is 5.15. The highest BCUT2D eigenvalue weighted by atomic mass is 16.6. The molecule has 2 aromatic rings. The van der Waals surface area contributed by atoms with E-state index in [1.807, 2.05) is 42.5 Å². The molecular weight excluding hydrogens is 306 g/mol. The zero-order chi connectivity index (χ0) is 17.7. The fourth-order valence-corrected chi connectivity index (χ4v) is 2.50. The number of nitrogens with one attached hydrogen (secondary N) is 1. The second kappa shape index (κ2) is 7.34. The minimum Gasteiger partial charge on any atom is -0.481 e. The van der Waals surface area contributed by atoms with E-state index in [1.165, 1.54) is 0 Å². The van der Waals surface area contributed by atoms with Gasteiger partial charge in [0, 0.05) is 6.54 Å². The standard InChI is InChI=1S/C19H23NO4/c1-19(2,3)24-18(23)20-12-15(17(21)22)11-14-9-6-8-13-7-4-5-10-16(13)14/h4-10,15H,11-12H2,1-3H3,(H,20,23)(H,21,22). The summed E-state index contributed by atoms with van der Waals surface area (Å²) in [6, 6.07) is 13.7. The second-order valence-electron chi connectivity index (χ2n) is 6.76. The monoisotopic (exact) mass is 329 g/mol. The maximum Gasteiger partial charge on any atom is 0.407 e. The van der Waals surface area contributed by atoms with Crippen LogP contribution in [0.1, 0.15) is 26.3 Å². The molecule has 0 aliphatic carbocycles. The normalized spacial score (nSPS) is 12.6. The van der Waals surface area contributed by atoms with Crippen LogP contribution in [0.3, 0.4) is 0 Å². The molecule has 0 saturated heterocycles. The molecule has 2 N–H and O–H groups in total. The van der Waals surface area contributed by atoms with E-state index in [2.05, 4.69) is 5.32 Å². The van der Waals surface area contributed by atoms with Crippen LogP contribution in [-0.2, 0) is 16.0 Å². The quantitative estimate of drug-likeness (QED) is 0.878. The van der Waals surface area contributed by atoms with Crippen molar-refractivity contribution in [3.8, 4) is 0 Å². The zero-order valence-corrected chi connectivity index (χ0v) is 14.2. The summed E-state index contributed by atoms with van der Waals surface area (Å²) in [6.45, 7) is 5.31. The first-order valence-corrected chi connectivity index (χ1v) is 7.92. The predicted octanol–water partition coefficient (Wildman–Crippen LogP) is 3.61. The summed E-state index contributed by atoms with van der Waals surface area (Å²) in [5, 5.41) is 14.1. The van der Waals surface area contributed by atoms with Gasteiger partial charge in [0.05, 0.1) is 5.92 Å². The molecular formula is C19H23NO4. The summed E-state index contributed by atoms with van der Waals surface area (Å²) in [5.41, 5.74) is 0.338. The SMILES string of the molecule is CC(C)(C)OC(=O)NCC(Cc1cccc2ccccc12)C(=O)O. The highest BCUT2D eigenvalue weighted by molar-refractivity contribution is 5.86. The maximum absolute atomic E-state index is 11.7. The number of rotatable bonds is 5. The Morgan fingerprint density at radius 1 is 1.12 bits per heavy atom. The smallest absolute Gasteiger partial charge is 0.407 e. The molecule has 128 valence electrons. The molecule has 0 saturated carbocycles. The van der Waals surface area contributed by atoms with Crippen LogP contribution < -0.4 is 5.32 Å². The van der Waals surface area contributed by atoms with Gasteiger partial charge in [-0.2, -0.15) is 0 Å². The number of hydrogen-bond acceptors (Lipinski definition) is 3. The number of ether oxygens (including phenoxy) is 1. The summed E-state index contributed by atoms with van der Waals surface area (Å²) in [7, 11) is 0. The number of hydrogen-bond donors (Lipinski definition) is 2. The number of carboxylic acid groups (broad SMARTS) is 1. The van der Waals surface area contributed by atoms with E-state index in [4.69, 9.17) is 4.74 Å². The van der Waals surface area contributed by atoms with Gasteiger partial charge in [-0.15, -0.1) is 0 Å². The van der Waals surface area contributed by atoms with Crippen LogP contribution >= 0.6 is 0 Å². The van der Waals surface area contributed by atoms with Crippen molar-refractivity contribution in [2.24, 2.45) is 5.92 Å². The van der Waals surface area contributed by atoms with Crippen molar-refractivity contribution in [2.45, 2.75) is 32.8 Å². The molecule has 24 heavy (non-hydrogen) atoms. The fourth-order valence-electron chi connectivity index (χ4n) is 2.50. The molecule has 1 atom stereocenters. The third kappa shape index (κ3) is 4.98. The molecule has 0 fully saturated rings. The summed E-state index contributed by atoms with van der Waals surface area (Å²) >= 11 is 0. The molecule has 0 aromatic heterocycles. The Morgan fingerprint density at radius 2 is 1.79 bits per heavy atom. The lowest BCUT2D eigenvalue weighted by Gasteiger charge is -2.21. The van der Waals surface area contributed by atoms with Crippen molar-refractivity contribution < 1.29 is 19.4 Å². The minimum absolute atomic E-state index is 0.0213. The Kier molecular flexibility index (Phi) is 5.44. The number of alkyl carbamates (subject to hydrolysis) is 1. The minimum atomic E-state index is -0.945. The zero-order valence-electron chi connectivity index (χ0n) is 14.2. The lowest BCUT2D eigenvalue weighted by Crippen LogP contribution is -2.37. The Morgan fingerprint density at radius 3 is 2.46 bits per heavy atom. The van der Waals surface area contributed by atoms with E-state index in [0.717, 1.165) is 16.3 Å². The Labute approximate surface area is 141 Å².